The van der Waals surface area contributed by atoms with E-state index in [4.69, 9.17) is 4.74 Å². The monoisotopic (exact) mass is 404 g/mol. The number of halogens is 3. The largest absolute Gasteiger partial charge is 0.496 e. The average molecular weight is 404 g/mol. The summed E-state index contributed by atoms with van der Waals surface area (Å²) in [6, 6.07) is 8.79. The van der Waals surface area contributed by atoms with Crippen LogP contribution >= 0.6 is 0 Å². The summed E-state index contributed by atoms with van der Waals surface area (Å²) in [5.74, 6) is 0.965. The molecule has 1 aliphatic heterocycles. The third-order valence-electron chi connectivity index (χ3n) is 5.45. The number of hydrogen-bond acceptors (Lipinski definition) is 4. The fourth-order valence-corrected chi connectivity index (χ4v) is 4.11. The number of para-hydroxylation sites is 1. The molecule has 0 aliphatic carbocycles. The Bertz CT molecular complexity index is 1040. The van der Waals surface area contributed by atoms with Crippen molar-refractivity contribution in [3.63, 3.8) is 0 Å². The first-order valence-electron chi connectivity index (χ1n) is 9.55. The Morgan fingerprint density at radius 3 is 2.72 bits per heavy atom. The molecule has 4 rings (SSSR count). The van der Waals surface area contributed by atoms with E-state index in [1.165, 1.54) is 0 Å². The van der Waals surface area contributed by atoms with Gasteiger partial charge < -0.3 is 4.74 Å². The lowest BCUT2D eigenvalue weighted by atomic mass is 10.1. The zero-order valence-corrected chi connectivity index (χ0v) is 16.6. The molecule has 1 atom stereocenters. The van der Waals surface area contributed by atoms with Crippen molar-refractivity contribution in [1.82, 2.24) is 19.5 Å². The molecule has 8 heteroatoms. The normalized spacial score (nSPS) is 17.9. The van der Waals surface area contributed by atoms with Crippen molar-refractivity contribution in [2.45, 2.75) is 38.9 Å². The number of nitrogens with zero attached hydrogens (tertiary/aromatic N) is 4. The maximum Gasteiger partial charge on any atom is 0.433 e. The summed E-state index contributed by atoms with van der Waals surface area (Å²) in [5.41, 5.74) is 2.64. The Morgan fingerprint density at radius 1 is 1.21 bits per heavy atom. The molecular weight excluding hydrogens is 381 g/mol. The number of rotatable bonds is 4. The fourth-order valence-electron chi connectivity index (χ4n) is 4.11. The molecule has 2 aromatic heterocycles. The molecule has 0 amide bonds. The molecule has 0 unspecified atom stereocenters. The molecule has 1 aromatic carbocycles. The SMILES string of the molecule is COc1c(C)cccc1CN1CC[C@@H](c2cc3nc(C)cc(C(F)(F)F)n3n2)C1. The number of aryl methyl sites for hydroxylation is 2. The van der Waals surface area contributed by atoms with E-state index in [-0.39, 0.29) is 11.6 Å². The van der Waals surface area contributed by atoms with Crippen molar-refractivity contribution in [2.24, 2.45) is 0 Å². The van der Waals surface area contributed by atoms with E-state index < -0.39 is 11.9 Å². The Balaban J connectivity index is 1.57. The van der Waals surface area contributed by atoms with Crippen molar-refractivity contribution < 1.29 is 17.9 Å². The van der Waals surface area contributed by atoms with Crippen LogP contribution in [0.3, 0.4) is 0 Å². The van der Waals surface area contributed by atoms with E-state index in [2.05, 4.69) is 15.0 Å². The summed E-state index contributed by atoms with van der Waals surface area (Å²) in [4.78, 5) is 6.52. The zero-order chi connectivity index (χ0) is 20.8. The van der Waals surface area contributed by atoms with Gasteiger partial charge in [0, 0.05) is 36.3 Å². The highest BCUT2D eigenvalue weighted by molar-refractivity contribution is 5.44. The lowest BCUT2D eigenvalue weighted by Crippen LogP contribution is -2.20. The number of benzene rings is 1. The van der Waals surface area contributed by atoms with Crippen LogP contribution in [-0.2, 0) is 12.7 Å². The molecule has 29 heavy (non-hydrogen) atoms. The van der Waals surface area contributed by atoms with E-state index in [0.29, 0.717) is 11.4 Å². The first kappa shape index (κ1) is 19.7. The molecule has 1 aliphatic rings. The second-order valence-corrected chi connectivity index (χ2v) is 7.61. The van der Waals surface area contributed by atoms with Crippen LogP contribution in [0.4, 0.5) is 13.2 Å². The summed E-state index contributed by atoms with van der Waals surface area (Å²) in [6.45, 7) is 5.91. The highest BCUT2D eigenvalue weighted by Gasteiger charge is 2.35. The summed E-state index contributed by atoms with van der Waals surface area (Å²) < 4.78 is 46.6. The minimum atomic E-state index is -4.47. The van der Waals surface area contributed by atoms with Crippen molar-refractivity contribution in [3.05, 3.63) is 58.5 Å². The molecule has 3 heterocycles. The smallest absolute Gasteiger partial charge is 0.433 e. The van der Waals surface area contributed by atoms with Gasteiger partial charge in [0.05, 0.1) is 12.8 Å². The van der Waals surface area contributed by atoms with Crippen LogP contribution in [0.15, 0.2) is 30.3 Å². The van der Waals surface area contributed by atoms with Gasteiger partial charge in [-0.15, -0.1) is 0 Å². The summed E-state index contributed by atoms with van der Waals surface area (Å²) in [6.07, 6.45) is -3.63. The van der Waals surface area contributed by atoms with Gasteiger partial charge in [-0.3, -0.25) is 4.90 Å². The predicted molar refractivity (Wildman–Crippen MR) is 103 cm³/mol. The Kier molecular flexibility index (Phi) is 4.98. The number of aromatic nitrogens is 3. The lowest BCUT2D eigenvalue weighted by molar-refractivity contribution is -0.142. The molecule has 0 N–H and O–H groups in total. The molecule has 0 radical (unpaired) electrons. The fraction of sp³-hybridized carbons (Fsp3) is 0.429. The zero-order valence-electron chi connectivity index (χ0n) is 16.6. The molecule has 1 saturated heterocycles. The second kappa shape index (κ2) is 7.33. The van der Waals surface area contributed by atoms with Gasteiger partial charge in [0.15, 0.2) is 5.65 Å². The highest BCUT2D eigenvalue weighted by atomic mass is 19.4. The number of alkyl halides is 3. The quantitative estimate of drug-likeness (QED) is 0.648. The Hall–Kier alpha value is -2.61. The molecule has 5 nitrogen and oxygen atoms in total. The second-order valence-electron chi connectivity index (χ2n) is 7.61. The standard InChI is InChI=1S/C21H23F3N4O/c1-13-5-4-6-16(20(13)29-3)12-27-8-7-15(11-27)17-10-19-25-14(2)9-18(21(22,23)24)28(19)26-17/h4-6,9-10,15H,7-8,11-12H2,1-3H3/t15-/m1/s1. The van der Waals surface area contributed by atoms with Gasteiger partial charge in [0.2, 0.25) is 0 Å². The minimum Gasteiger partial charge on any atom is -0.496 e. The third-order valence-corrected chi connectivity index (χ3v) is 5.45. The van der Waals surface area contributed by atoms with Gasteiger partial charge in [0.1, 0.15) is 11.4 Å². The summed E-state index contributed by atoms with van der Waals surface area (Å²) in [5, 5.41) is 4.27. The minimum absolute atomic E-state index is 0.0777. The van der Waals surface area contributed by atoms with Crippen molar-refractivity contribution >= 4 is 5.65 Å². The molecular formula is C21H23F3N4O. The molecule has 1 fully saturated rings. The van der Waals surface area contributed by atoms with Crippen molar-refractivity contribution in [3.8, 4) is 5.75 Å². The average Bonchev–Trinajstić information content (AvgIpc) is 3.27. The summed E-state index contributed by atoms with van der Waals surface area (Å²) in [7, 11) is 1.67. The van der Waals surface area contributed by atoms with Gasteiger partial charge in [0.25, 0.3) is 0 Å². The maximum absolute atomic E-state index is 13.4. The highest BCUT2D eigenvalue weighted by Crippen LogP contribution is 2.33. The van der Waals surface area contributed by atoms with E-state index in [1.54, 1.807) is 20.1 Å². The van der Waals surface area contributed by atoms with E-state index in [1.807, 2.05) is 25.1 Å². The Morgan fingerprint density at radius 2 is 2.00 bits per heavy atom. The van der Waals surface area contributed by atoms with Crippen LogP contribution in [0, 0.1) is 13.8 Å². The Labute approximate surface area is 167 Å². The molecule has 3 aromatic rings. The van der Waals surface area contributed by atoms with E-state index in [0.717, 1.165) is 53.5 Å². The number of methoxy groups -OCH3 is 1. The van der Waals surface area contributed by atoms with Crippen molar-refractivity contribution in [1.29, 1.82) is 0 Å². The molecule has 0 saturated carbocycles. The number of likely N-dealkylation sites (tertiary alicyclic amines) is 1. The molecule has 154 valence electrons. The van der Waals surface area contributed by atoms with Crippen LogP contribution in [0.1, 0.15) is 40.5 Å². The van der Waals surface area contributed by atoms with Gasteiger partial charge in [-0.25, -0.2) is 9.50 Å². The van der Waals surface area contributed by atoms with Gasteiger partial charge in [-0.05, 0) is 38.4 Å². The van der Waals surface area contributed by atoms with Crippen LogP contribution in [0.2, 0.25) is 0 Å². The number of hydrogen-bond donors (Lipinski definition) is 0. The van der Waals surface area contributed by atoms with Crippen LogP contribution in [0.5, 0.6) is 5.75 Å². The lowest BCUT2D eigenvalue weighted by Gasteiger charge is -2.18. The first-order valence-corrected chi connectivity index (χ1v) is 9.55. The third kappa shape index (κ3) is 3.81. The molecule has 0 bridgehead atoms. The number of ether oxygens (including phenoxy) is 1. The molecule has 0 spiro atoms. The topological polar surface area (TPSA) is 42.7 Å². The first-order chi connectivity index (χ1) is 13.8. The van der Waals surface area contributed by atoms with Crippen LogP contribution in [0.25, 0.3) is 5.65 Å². The van der Waals surface area contributed by atoms with E-state index in [9.17, 15) is 13.2 Å². The van der Waals surface area contributed by atoms with Gasteiger partial charge >= 0.3 is 6.18 Å². The number of fused-ring (bicyclic) bond motifs is 1. The van der Waals surface area contributed by atoms with Crippen molar-refractivity contribution in [2.75, 3.05) is 20.2 Å². The van der Waals surface area contributed by atoms with Crippen LogP contribution in [-0.4, -0.2) is 39.7 Å². The van der Waals surface area contributed by atoms with Gasteiger partial charge in [-0.2, -0.15) is 18.3 Å². The summed E-state index contributed by atoms with van der Waals surface area (Å²) >= 11 is 0. The van der Waals surface area contributed by atoms with E-state index >= 15 is 0 Å². The predicted octanol–water partition coefficient (Wildman–Crippen LogP) is 4.36. The van der Waals surface area contributed by atoms with Crippen LogP contribution < -0.4 is 4.74 Å². The maximum atomic E-state index is 13.4. The van der Waals surface area contributed by atoms with Gasteiger partial charge in [-0.1, -0.05) is 18.2 Å².